The van der Waals surface area contributed by atoms with Gasteiger partial charge in [0, 0.05) is 18.4 Å². The van der Waals surface area contributed by atoms with E-state index in [1.807, 2.05) is 0 Å². The van der Waals surface area contributed by atoms with Crippen LogP contribution in [0.2, 0.25) is 5.02 Å². The summed E-state index contributed by atoms with van der Waals surface area (Å²) in [6, 6.07) is 4.86. The molecule has 0 spiro atoms. The number of ether oxygens (including phenoxy) is 1. The van der Waals surface area contributed by atoms with E-state index in [0.29, 0.717) is 29.2 Å². The number of rotatable bonds is 3. The van der Waals surface area contributed by atoms with Crippen LogP contribution in [0, 0.1) is 0 Å². The average molecular weight is 239 g/mol. The van der Waals surface area contributed by atoms with Gasteiger partial charge in [0.05, 0.1) is 5.02 Å². The van der Waals surface area contributed by atoms with E-state index < -0.39 is 0 Å². The lowest BCUT2D eigenvalue weighted by molar-refractivity contribution is -0.117. The summed E-state index contributed by atoms with van der Waals surface area (Å²) in [5.41, 5.74) is 0.514. The molecule has 1 saturated carbocycles. The third kappa shape index (κ3) is 2.42. The van der Waals surface area contributed by atoms with Crippen molar-refractivity contribution in [3.63, 3.8) is 0 Å². The van der Waals surface area contributed by atoms with E-state index in [2.05, 4.69) is 0 Å². The quantitative estimate of drug-likeness (QED) is 0.761. The van der Waals surface area contributed by atoms with Crippen LogP contribution < -0.4 is 4.74 Å². The summed E-state index contributed by atoms with van der Waals surface area (Å²) in [6.45, 7) is 0. The lowest BCUT2D eigenvalue weighted by atomic mass is 10.2. The van der Waals surface area contributed by atoms with Gasteiger partial charge in [-0.2, -0.15) is 0 Å². The predicted octanol–water partition coefficient (Wildman–Crippen LogP) is 2.65. The fourth-order valence-corrected chi connectivity index (χ4v) is 1.98. The Morgan fingerprint density at radius 1 is 1.44 bits per heavy atom. The van der Waals surface area contributed by atoms with E-state index in [4.69, 9.17) is 16.3 Å². The Labute approximate surface area is 98.4 Å². The van der Waals surface area contributed by atoms with E-state index >= 15 is 0 Å². The van der Waals surface area contributed by atoms with Gasteiger partial charge in [0.15, 0.2) is 0 Å². The van der Waals surface area contributed by atoms with E-state index in [0.717, 1.165) is 12.7 Å². The highest BCUT2D eigenvalue weighted by atomic mass is 35.5. The largest absolute Gasteiger partial charge is 0.488 e. The number of halogens is 1. The molecule has 1 atom stereocenters. The Balaban J connectivity index is 2.09. The highest BCUT2D eigenvalue weighted by Gasteiger charge is 2.24. The Bertz CT molecular complexity index is 428. The van der Waals surface area contributed by atoms with Crippen molar-refractivity contribution in [3.8, 4) is 5.75 Å². The molecule has 4 heteroatoms. The third-order valence-corrected chi connectivity index (χ3v) is 2.88. The molecule has 1 aromatic carbocycles. The second-order valence-electron chi connectivity index (χ2n) is 3.83. The molecule has 1 unspecified atom stereocenters. The number of aldehydes is 1. The molecule has 0 bridgehead atoms. The molecule has 0 aliphatic heterocycles. The molecule has 2 rings (SSSR count). The lowest BCUT2D eigenvalue weighted by Gasteiger charge is -2.13. The van der Waals surface area contributed by atoms with Crippen molar-refractivity contribution < 1.29 is 14.3 Å². The van der Waals surface area contributed by atoms with Gasteiger partial charge >= 0.3 is 0 Å². The second kappa shape index (κ2) is 4.66. The molecule has 16 heavy (non-hydrogen) atoms. The molecular weight excluding hydrogens is 228 g/mol. The Kier molecular flexibility index (Phi) is 3.25. The van der Waals surface area contributed by atoms with E-state index in [1.165, 1.54) is 0 Å². The van der Waals surface area contributed by atoms with E-state index in [-0.39, 0.29) is 11.9 Å². The first-order chi connectivity index (χ1) is 7.69. The molecule has 1 aliphatic carbocycles. The number of carbonyl (C=O) groups excluding carboxylic acids is 2. The second-order valence-corrected chi connectivity index (χ2v) is 4.24. The first kappa shape index (κ1) is 11.1. The highest BCUT2D eigenvalue weighted by Crippen LogP contribution is 2.29. The van der Waals surface area contributed by atoms with Crippen molar-refractivity contribution >= 4 is 23.7 Å². The van der Waals surface area contributed by atoms with Crippen molar-refractivity contribution in [2.45, 2.75) is 25.4 Å². The van der Waals surface area contributed by atoms with Crippen molar-refractivity contribution in [1.82, 2.24) is 0 Å². The first-order valence-corrected chi connectivity index (χ1v) is 5.50. The number of ketones is 1. The summed E-state index contributed by atoms with van der Waals surface area (Å²) in [6.07, 6.45) is 2.42. The molecule has 84 valence electrons. The van der Waals surface area contributed by atoms with Crippen LogP contribution in [-0.4, -0.2) is 18.2 Å². The van der Waals surface area contributed by atoms with Crippen LogP contribution in [0.3, 0.4) is 0 Å². The van der Waals surface area contributed by atoms with Crippen molar-refractivity contribution in [2.24, 2.45) is 0 Å². The molecule has 1 aromatic rings. The molecule has 0 N–H and O–H groups in total. The number of hydrogen-bond acceptors (Lipinski definition) is 3. The third-order valence-electron chi connectivity index (χ3n) is 2.59. The molecule has 0 amide bonds. The fourth-order valence-electron chi connectivity index (χ4n) is 1.75. The zero-order valence-corrected chi connectivity index (χ0v) is 9.37. The van der Waals surface area contributed by atoms with Gasteiger partial charge in [0.1, 0.15) is 23.9 Å². The normalized spacial score (nSPS) is 19.8. The molecule has 0 aromatic heterocycles. The van der Waals surface area contributed by atoms with Gasteiger partial charge in [0.2, 0.25) is 0 Å². The minimum absolute atomic E-state index is 0.0768. The first-order valence-electron chi connectivity index (χ1n) is 5.12. The smallest absolute Gasteiger partial charge is 0.150 e. The SMILES string of the molecule is O=Cc1ccc(OC2CCC(=O)C2)c(Cl)c1. The summed E-state index contributed by atoms with van der Waals surface area (Å²) >= 11 is 5.95. The van der Waals surface area contributed by atoms with Crippen LogP contribution in [0.1, 0.15) is 29.6 Å². The van der Waals surface area contributed by atoms with Gasteiger partial charge < -0.3 is 4.74 Å². The molecule has 0 radical (unpaired) electrons. The maximum atomic E-state index is 11.1. The number of benzene rings is 1. The maximum Gasteiger partial charge on any atom is 0.150 e. The average Bonchev–Trinajstić information content (AvgIpc) is 2.67. The molecule has 3 nitrogen and oxygen atoms in total. The van der Waals surface area contributed by atoms with Gasteiger partial charge in [0.25, 0.3) is 0 Å². The van der Waals surface area contributed by atoms with Crippen LogP contribution in [-0.2, 0) is 4.79 Å². The Morgan fingerprint density at radius 3 is 2.81 bits per heavy atom. The predicted molar refractivity (Wildman–Crippen MR) is 60.1 cm³/mol. The van der Waals surface area contributed by atoms with Crippen LogP contribution in [0.4, 0.5) is 0 Å². The fraction of sp³-hybridized carbons (Fsp3) is 0.333. The van der Waals surface area contributed by atoms with Crippen LogP contribution in [0.25, 0.3) is 0 Å². The molecular formula is C12H11ClO3. The van der Waals surface area contributed by atoms with Crippen LogP contribution in [0.15, 0.2) is 18.2 Å². The van der Waals surface area contributed by atoms with Crippen molar-refractivity contribution in [2.75, 3.05) is 0 Å². The lowest BCUT2D eigenvalue weighted by Crippen LogP contribution is -2.12. The van der Waals surface area contributed by atoms with Crippen LogP contribution in [0.5, 0.6) is 5.75 Å². The highest BCUT2D eigenvalue weighted by molar-refractivity contribution is 6.32. The maximum absolute atomic E-state index is 11.1. The monoisotopic (exact) mass is 238 g/mol. The number of Topliss-reactive ketones (excluding diaryl/α,β-unsaturated/α-hetero) is 1. The van der Waals surface area contributed by atoms with Gasteiger partial charge in [-0.15, -0.1) is 0 Å². The van der Waals surface area contributed by atoms with E-state index in [9.17, 15) is 9.59 Å². The molecule has 0 saturated heterocycles. The summed E-state index contributed by atoms with van der Waals surface area (Å²) < 4.78 is 5.61. The summed E-state index contributed by atoms with van der Waals surface area (Å²) in [5.74, 6) is 0.762. The Morgan fingerprint density at radius 2 is 2.25 bits per heavy atom. The number of hydrogen-bond donors (Lipinski definition) is 0. The minimum atomic E-state index is -0.0768. The Hall–Kier alpha value is -1.35. The summed E-state index contributed by atoms with van der Waals surface area (Å²) in [5, 5.41) is 0.406. The van der Waals surface area contributed by atoms with Crippen molar-refractivity contribution in [1.29, 1.82) is 0 Å². The minimum Gasteiger partial charge on any atom is -0.488 e. The van der Waals surface area contributed by atoms with Gasteiger partial charge in [-0.25, -0.2) is 0 Å². The van der Waals surface area contributed by atoms with Gasteiger partial charge in [-0.1, -0.05) is 11.6 Å². The molecule has 1 aliphatic rings. The number of carbonyl (C=O) groups is 2. The van der Waals surface area contributed by atoms with Crippen LogP contribution >= 0.6 is 11.6 Å². The zero-order valence-electron chi connectivity index (χ0n) is 8.61. The van der Waals surface area contributed by atoms with Gasteiger partial charge in [-0.05, 0) is 24.6 Å². The van der Waals surface area contributed by atoms with Gasteiger partial charge in [-0.3, -0.25) is 9.59 Å². The topological polar surface area (TPSA) is 43.4 Å². The summed E-state index contributed by atoms with van der Waals surface area (Å²) in [7, 11) is 0. The molecule has 0 heterocycles. The summed E-state index contributed by atoms with van der Waals surface area (Å²) in [4.78, 5) is 21.6. The van der Waals surface area contributed by atoms with Crippen molar-refractivity contribution in [3.05, 3.63) is 28.8 Å². The zero-order chi connectivity index (χ0) is 11.5. The molecule has 1 fully saturated rings. The van der Waals surface area contributed by atoms with E-state index in [1.54, 1.807) is 18.2 Å². The standard InChI is InChI=1S/C12H11ClO3/c13-11-5-8(7-14)1-4-12(11)16-10-3-2-9(15)6-10/h1,4-5,7,10H,2-3,6H2.